The minimum atomic E-state index is -0.395. The van der Waals surface area contributed by atoms with E-state index in [0.717, 1.165) is 0 Å². The highest BCUT2D eigenvalue weighted by molar-refractivity contribution is 8.67. The lowest BCUT2D eigenvalue weighted by Gasteiger charge is -2.14. The van der Waals surface area contributed by atoms with Gasteiger partial charge in [-0.3, -0.25) is 9.52 Å². The summed E-state index contributed by atoms with van der Waals surface area (Å²) in [6.45, 7) is 6.10. The molecule has 1 N–H and O–H groups in total. The van der Waals surface area contributed by atoms with Crippen LogP contribution in [-0.4, -0.2) is 18.4 Å². The van der Waals surface area contributed by atoms with Crippen LogP contribution in [-0.2, 0) is 4.79 Å². The van der Waals surface area contributed by atoms with E-state index >= 15 is 0 Å². The number of thiol groups is 1. The van der Waals surface area contributed by atoms with Crippen LogP contribution in [0.15, 0.2) is 24.3 Å². The minimum absolute atomic E-state index is 0.00472. The number of carbonyl (C=O) groups is 1. The van der Waals surface area contributed by atoms with Gasteiger partial charge >= 0.3 is 0 Å². The summed E-state index contributed by atoms with van der Waals surface area (Å²) < 4.78 is 22.2. The van der Waals surface area contributed by atoms with Gasteiger partial charge in [0.2, 0.25) is 0 Å². The number of ketones is 1. The highest BCUT2D eigenvalue weighted by atomic mass is 33.1. The normalized spacial score (nSPS) is 12.9. The van der Waals surface area contributed by atoms with Crippen LogP contribution in [0.5, 0.6) is 5.75 Å². The second-order valence-electron chi connectivity index (χ2n) is 4.98. The average Bonchev–Trinajstić information content (AvgIpc) is 2.41. The summed E-state index contributed by atoms with van der Waals surface area (Å²) in [7, 11) is 1.20. The predicted octanol–water partition coefficient (Wildman–Crippen LogP) is 3.91. The number of hydrogen-bond acceptors (Lipinski definition) is 5. The molecule has 0 aliphatic rings. The van der Waals surface area contributed by atoms with Gasteiger partial charge in [-0.2, -0.15) is 0 Å². The molecule has 1 rings (SSSR count). The molecule has 1 atom stereocenters. The van der Waals surface area contributed by atoms with Crippen LogP contribution in [0.25, 0.3) is 6.08 Å². The number of hydrogen-bond donors (Lipinski definition) is 2. The number of rotatable bonds is 8. The Bertz CT molecular complexity index is 506. The van der Waals surface area contributed by atoms with Crippen molar-refractivity contribution in [3.8, 4) is 5.75 Å². The third-order valence-electron chi connectivity index (χ3n) is 2.68. The number of nitrogens with one attached hydrogen (secondary N) is 1. The molecule has 0 saturated heterocycles. The van der Waals surface area contributed by atoms with E-state index in [0.29, 0.717) is 17.9 Å². The number of ether oxygens (including phenoxy) is 1. The third-order valence-corrected chi connectivity index (χ3v) is 3.36. The maximum absolute atomic E-state index is 13.6. The van der Waals surface area contributed by atoms with Crippen molar-refractivity contribution in [1.29, 1.82) is 0 Å². The largest absolute Gasteiger partial charge is 0.489 e. The van der Waals surface area contributed by atoms with Gasteiger partial charge in [0, 0.05) is 18.5 Å². The van der Waals surface area contributed by atoms with Crippen molar-refractivity contribution in [2.45, 2.75) is 26.9 Å². The predicted molar refractivity (Wildman–Crippen MR) is 89.9 cm³/mol. The first kappa shape index (κ1) is 18.1. The third kappa shape index (κ3) is 7.02. The van der Waals surface area contributed by atoms with Gasteiger partial charge in [0.25, 0.3) is 0 Å². The Balaban J connectivity index is 2.77. The van der Waals surface area contributed by atoms with Crippen molar-refractivity contribution in [3.05, 3.63) is 35.7 Å². The van der Waals surface area contributed by atoms with Gasteiger partial charge in [0.05, 0.1) is 0 Å². The molecule has 1 unspecified atom stereocenters. The average molecular weight is 329 g/mol. The van der Waals surface area contributed by atoms with Crippen molar-refractivity contribution >= 4 is 34.5 Å². The van der Waals surface area contributed by atoms with Crippen LogP contribution < -0.4 is 9.46 Å². The van der Waals surface area contributed by atoms with Crippen LogP contribution >= 0.6 is 22.6 Å². The number of carbonyl (C=O) groups excluding carboxylic acids is 1. The second-order valence-corrected chi connectivity index (χ2v) is 6.00. The zero-order valence-electron chi connectivity index (χ0n) is 12.3. The fourth-order valence-corrected chi connectivity index (χ4v) is 2.08. The summed E-state index contributed by atoms with van der Waals surface area (Å²) in [5.74, 6) is -0.0292. The van der Waals surface area contributed by atoms with Gasteiger partial charge in [-0.25, -0.2) is 4.39 Å². The number of allylic oxidation sites excluding steroid dienone is 1. The molecular formula is C15H20FNO2S2. The summed E-state index contributed by atoms with van der Waals surface area (Å²) in [6, 6.07) is 4.40. The van der Waals surface area contributed by atoms with Crippen molar-refractivity contribution in [2.75, 3.05) is 6.54 Å². The first-order chi connectivity index (χ1) is 9.92. The Labute approximate surface area is 134 Å². The van der Waals surface area contributed by atoms with E-state index in [-0.39, 0.29) is 17.8 Å². The van der Waals surface area contributed by atoms with Crippen LogP contribution in [0.2, 0.25) is 0 Å². The first-order valence-electron chi connectivity index (χ1n) is 6.64. The van der Waals surface area contributed by atoms with Gasteiger partial charge in [-0.1, -0.05) is 31.6 Å². The van der Waals surface area contributed by atoms with Gasteiger partial charge in [0.1, 0.15) is 17.7 Å². The lowest BCUT2D eigenvalue weighted by Crippen LogP contribution is -2.24. The maximum Gasteiger partial charge on any atom is 0.158 e. The van der Waals surface area contributed by atoms with E-state index < -0.39 is 5.82 Å². The molecule has 0 spiro atoms. The Morgan fingerprint density at radius 3 is 2.76 bits per heavy atom. The molecule has 0 fully saturated rings. The summed E-state index contributed by atoms with van der Waals surface area (Å²) in [5, 5.41) is 0. The molecule has 0 amide bonds. The molecule has 3 nitrogen and oxygen atoms in total. The smallest absolute Gasteiger partial charge is 0.158 e. The van der Waals surface area contributed by atoms with E-state index in [2.05, 4.69) is 16.4 Å². The molecule has 0 bridgehead atoms. The molecule has 0 aliphatic heterocycles. The Hall–Kier alpha value is -0.980. The zero-order valence-corrected chi connectivity index (χ0v) is 14.0. The topological polar surface area (TPSA) is 38.3 Å². The summed E-state index contributed by atoms with van der Waals surface area (Å²) in [4.78, 5) is 11.6. The van der Waals surface area contributed by atoms with Crippen LogP contribution in [0.3, 0.4) is 0 Å². The molecule has 1 aromatic rings. The van der Waals surface area contributed by atoms with Crippen molar-refractivity contribution in [3.63, 3.8) is 0 Å². The number of benzene rings is 1. The van der Waals surface area contributed by atoms with Crippen molar-refractivity contribution in [1.82, 2.24) is 4.72 Å². The second kappa shape index (κ2) is 9.12. The van der Waals surface area contributed by atoms with E-state index in [4.69, 9.17) is 4.74 Å². The summed E-state index contributed by atoms with van der Waals surface area (Å²) in [6.07, 6.45) is 2.94. The lowest BCUT2D eigenvalue weighted by molar-refractivity contribution is -0.117. The Morgan fingerprint density at radius 2 is 2.14 bits per heavy atom. The number of halogens is 1. The van der Waals surface area contributed by atoms with E-state index in [1.165, 1.54) is 29.2 Å². The Kier molecular flexibility index (Phi) is 7.85. The minimum Gasteiger partial charge on any atom is -0.489 e. The Morgan fingerprint density at radius 1 is 1.43 bits per heavy atom. The van der Waals surface area contributed by atoms with Crippen LogP contribution in [0.4, 0.5) is 4.39 Å². The molecule has 0 saturated carbocycles. The first-order valence-corrected chi connectivity index (χ1v) is 8.51. The molecule has 0 heterocycles. The van der Waals surface area contributed by atoms with Gasteiger partial charge in [0.15, 0.2) is 5.78 Å². The fourth-order valence-electron chi connectivity index (χ4n) is 1.55. The zero-order chi connectivity index (χ0) is 15.8. The summed E-state index contributed by atoms with van der Waals surface area (Å²) >= 11 is 3.97. The molecule has 0 radical (unpaired) electrons. The van der Waals surface area contributed by atoms with Crippen molar-refractivity contribution < 1.29 is 13.9 Å². The molecule has 21 heavy (non-hydrogen) atoms. The van der Waals surface area contributed by atoms with E-state index in [1.807, 2.05) is 20.8 Å². The SMILES string of the molecule is CC(CNSS)Oc1cc(F)cc(/C=C/C(=O)C(C)C)c1. The quantitative estimate of drug-likeness (QED) is 0.328. The van der Waals surface area contributed by atoms with Gasteiger partial charge < -0.3 is 4.74 Å². The highest BCUT2D eigenvalue weighted by Gasteiger charge is 2.07. The highest BCUT2D eigenvalue weighted by Crippen LogP contribution is 2.19. The standard InChI is InChI=1S/C15H20FNO2S2/c1-10(2)15(18)5-4-12-6-13(16)8-14(7-12)19-11(3)9-17-21-20/h4-8,10-11,17,20H,9H2,1-3H3/b5-4+. The van der Waals surface area contributed by atoms with E-state index in [1.54, 1.807) is 12.1 Å². The fraction of sp³-hybridized carbons (Fsp3) is 0.400. The lowest BCUT2D eigenvalue weighted by atomic mass is 10.1. The maximum atomic E-state index is 13.6. The van der Waals surface area contributed by atoms with Gasteiger partial charge in [-0.15, -0.1) is 0 Å². The van der Waals surface area contributed by atoms with E-state index in [9.17, 15) is 9.18 Å². The molecular weight excluding hydrogens is 309 g/mol. The molecule has 1 aromatic carbocycles. The monoisotopic (exact) mass is 329 g/mol. The molecule has 0 aromatic heterocycles. The molecule has 6 heteroatoms. The van der Waals surface area contributed by atoms with Crippen LogP contribution in [0.1, 0.15) is 26.3 Å². The molecule has 0 aliphatic carbocycles. The van der Waals surface area contributed by atoms with Crippen molar-refractivity contribution in [2.24, 2.45) is 5.92 Å². The summed E-state index contributed by atoms with van der Waals surface area (Å²) in [5.41, 5.74) is 0.600. The van der Waals surface area contributed by atoms with Crippen LogP contribution in [0, 0.1) is 11.7 Å². The molecule has 116 valence electrons. The van der Waals surface area contributed by atoms with Gasteiger partial charge in [-0.05, 0) is 41.7 Å².